The first-order valence-corrected chi connectivity index (χ1v) is 13.0. The summed E-state index contributed by atoms with van der Waals surface area (Å²) >= 11 is 12.1. The zero-order valence-electron chi connectivity index (χ0n) is 18.9. The van der Waals surface area contributed by atoms with Crippen LogP contribution >= 0.6 is 23.2 Å². The zero-order chi connectivity index (χ0) is 25.0. The van der Waals surface area contributed by atoms with Crippen molar-refractivity contribution in [2.75, 3.05) is 30.4 Å². The Labute approximate surface area is 208 Å². The van der Waals surface area contributed by atoms with Gasteiger partial charge >= 0.3 is 0 Å². The first-order chi connectivity index (χ1) is 16.0. The molecule has 34 heavy (non-hydrogen) atoms. The van der Waals surface area contributed by atoms with Gasteiger partial charge in [0.05, 0.1) is 22.0 Å². The molecule has 1 aliphatic heterocycles. The fourth-order valence-corrected chi connectivity index (χ4v) is 4.56. The summed E-state index contributed by atoms with van der Waals surface area (Å²) in [5.74, 6) is -0.0885. The second-order valence-corrected chi connectivity index (χ2v) is 10.4. The van der Waals surface area contributed by atoms with Crippen LogP contribution in [-0.2, 0) is 26.2 Å². The Morgan fingerprint density at radius 2 is 1.79 bits per heavy atom. The van der Waals surface area contributed by atoms with Crippen LogP contribution < -0.4 is 19.1 Å². The molecule has 1 N–H and O–H groups in total. The van der Waals surface area contributed by atoms with Gasteiger partial charge in [0.25, 0.3) is 0 Å². The van der Waals surface area contributed by atoms with Crippen molar-refractivity contribution in [3.05, 3.63) is 52.0 Å². The molecule has 3 rings (SSSR count). The number of ether oxygens (including phenoxy) is 2. The lowest BCUT2D eigenvalue weighted by Gasteiger charge is -2.31. The number of carbonyl (C=O) groups excluding carboxylic acids is 2. The Hall–Kier alpha value is -2.69. The molecule has 1 aliphatic rings. The third kappa shape index (κ3) is 6.05. The van der Waals surface area contributed by atoms with E-state index in [2.05, 4.69) is 5.32 Å². The highest BCUT2D eigenvalue weighted by Gasteiger charge is 2.30. The minimum Gasteiger partial charge on any atom is -0.454 e. The number of hydrogen-bond acceptors (Lipinski definition) is 6. The SMILES string of the molecule is CCNC(=O)C(C)N(Cc1ccc(Cl)c(Cl)c1)C(=O)CN(c1ccc2c(c1)OCO2)S(C)(=O)=O. The van der Waals surface area contributed by atoms with Crippen molar-refractivity contribution in [3.63, 3.8) is 0 Å². The topological polar surface area (TPSA) is 105 Å². The fraction of sp³-hybridized carbons (Fsp3) is 0.364. The van der Waals surface area contributed by atoms with Gasteiger partial charge in [0, 0.05) is 19.2 Å². The van der Waals surface area contributed by atoms with Crippen molar-refractivity contribution < 1.29 is 27.5 Å². The van der Waals surface area contributed by atoms with E-state index < -0.39 is 28.5 Å². The van der Waals surface area contributed by atoms with E-state index in [-0.39, 0.29) is 24.9 Å². The van der Waals surface area contributed by atoms with Crippen LogP contribution in [0.4, 0.5) is 5.69 Å². The highest BCUT2D eigenvalue weighted by molar-refractivity contribution is 7.92. The van der Waals surface area contributed by atoms with E-state index in [4.69, 9.17) is 32.7 Å². The number of rotatable bonds is 9. The van der Waals surface area contributed by atoms with Crippen LogP contribution in [0.25, 0.3) is 0 Å². The van der Waals surface area contributed by atoms with E-state index in [1.165, 1.54) is 17.0 Å². The standard InChI is InChI=1S/C22H25Cl2N3O6S/c1-4-25-22(29)14(2)26(11-15-5-7-17(23)18(24)9-15)21(28)12-27(34(3,30)31)16-6-8-19-20(10-16)33-13-32-19/h5-10,14H,4,11-13H2,1-3H3,(H,25,29). The summed E-state index contributed by atoms with van der Waals surface area (Å²) in [4.78, 5) is 27.3. The third-order valence-electron chi connectivity index (χ3n) is 5.18. The summed E-state index contributed by atoms with van der Waals surface area (Å²) in [6, 6.07) is 8.59. The second kappa shape index (κ2) is 10.7. The molecule has 0 aromatic heterocycles. The Kier molecular flexibility index (Phi) is 8.17. The van der Waals surface area contributed by atoms with E-state index in [1.54, 1.807) is 38.1 Å². The molecule has 0 spiro atoms. The van der Waals surface area contributed by atoms with Gasteiger partial charge in [0.15, 0.2) is 11.5 Å². The Bertz CT molecular complexity index is 1190. The van der Waals surface area contributed by atoms with Crippen molar-refractivity contribution >= 4 is 50.7 Å². The number of nitrogens with zero attached hydrogens (tertiary/aromatic N) is 2. The average molecular weight is 530 g/mol. The van der Waals surface area contributed by atoms with Gasteiger partial charge in [0.1, 0.15) is 12.6 Å². The van der Waals surface area contributed by atoms with Crippen LogP contribution in [-0.4, -0.2) is 57.3 Å². The van der Waals surface area contributed by atoms with Gasteiger partial charge in [0.2, 0.25) is 28.6 Å². The van der Waals surface area contributed by atoms with Crippen LogP contribution in [0.1, 0.15) is 19.4 Å². The van der Waals surface area contributed by atoms with E-state index in [0.29, 0.717) is 33.7 Å². The molecule has 1 heterocycles. The van der Waals surface area contributed by atoms with Gasteiger partial charge in [-0.1, -0.05) is 29.3 Å². The Morgan fingerprint density at radius 3 is 2.44 bits per heavy atom. The molecule has 2 aromatic carbocycles. The molecular weight excluding hydrogens is 505 g/mol. The maximum atomic E-state index is 13.4. The molecule has 1 unspecified atom stereocenters. The molecule has 2 amide bonds. The number of benzene rings is 2. The molecular formula is C22H25Cl2N3O6S. The number of amides is 2. The summed E-state index contributed by atoms with van der Waals surface area (Å²) < 4.78 is 36.8. The molecule has 0 bridgehead atoms. The van der Waals surface area contributed by atoms with Crippen LogP contribution in [0.15, 0.2) is 36.4 Å². The van der Waals surface area contributed by atoms with Gasteiger partial charge in [-0.05, 0) is 43.7 Å². The van der Waals surface area contributed by atoms with E-state index in [1.807, 2.05) is 0 Å². The minimum atomic E-state index is -3.85. The number of likely N-dealkylation sites (N-methyl/N-ethyl adjacent to an activating group) is 1. The number of fused-ring (bicyclic) bond motifs is 1. The number of carbonyl (C=O) groups is 2. The smallest absolute Gasteiger partial charge is 0.244 e. The summed E-state index contributed by atoms with van der Waals surface area (Å²) in [6.45, 7) is 3.24. The normalized spacial score (nSPS) is 13.3. The van der Waals surface area contributed by atoms with E-state index in [9.17, 15) is 18.0 Å². The largest absolute Gasteiger partial charge is 0.454 e. The van der Waals surface area contributed by atoms with Gasteiger partial charge in [-0.15, -0.1) is 0 Å². The van der Waals surface area contributed by atoms with Crippen molar-refractivity contribution in [2.45, 2.75) is 26.4 Å². The van der Waals surface area contributed by atoms with Crippen LogP contribution in [0.2, 0.25) is 10.0 Å². The lowest BCUT2D eigenvalue weighted by atomic mass is 10.1. The quantitative estimate of drug-likeness (QED) is 0.535. The monoisotopic (exact) mass is 529 g/mol. The molecule has 0 aliphatic carbocycles. The van der Waals surface area contributed by atoms with Gasteiger partial charge in [-0.25, -0.2) is 8.42 Å². The third-order valence-corrected chi connectivity index (χ3v) is 7.06. The predicted molar refractivity (Wildman–Crippen MR) is 130 cm³/mol. The van der Waals surface area contributed by atoms with Gasteiger partial charge < -0.3 is 19.7 Å². The molecule has 9 nitrogen and oxygen atoms in total. The lowest BCUT2D eigenvalue weighted by Crippen LogP contribution is -2.51. The molecule has 0 saturated carbocycles. The highest BCUT2D eigenvalue weighted by Crippen LogP contribution is 2.36. The minimum absolute atomic E-state index is 0.0206. The lowest BCUT2D eigenvalue weighted by molar-refractivity contribution is -0.139. The fourth-order valence-electron chi connectivity index (χ4n) is 3.39. The number of anilines is 1. The van der Waals surface area contributed by atoms with Crippen molar-refractivity contribution in [1.29, 1.82) is 0 Å². The number of hydrogen-bond donors (Lipinski definition) is 1. The number of halogens is 2. The van der Waals surface area contributed by atoms with Crippen molar-refractivity contribution in [1.82, 2.24) is 10.2 Å². The zero-order valence-corrected chi connectivity index (χ0v) is 21.2. The van der Waals surface area contributed by atoms with Gasteiger partial charge in [-0.3, -0.25) is 13.9 Å². The molecule has 184 valence electrons. The molecule has 0 fully saturated rings. The first-order valence-electron chi connectivity index (χ1n) is 10.4. The summed E-state index contributed by atoms with van der Waals surface area (Å²) in [5.41, 5.74) is 0.869. The maximum Gasteiger partial charge on any atom is 0.244 e. The maximum absolute atomic E-state index is 13.4. The highest BCUT2D eigenvalue weighted by atomic mass is 35.5. The molecule has 12 heteroatoms. The summed E-state index contributed by atoms with van der Waals surface area (Å²) in [6.07, 6.45) is 1.00. The van der Waals surface area contributed by atoms with Gasteiger partial charge in [-0.2, -0.15) is 0 Å². The Morgan fingerprint density at radius 1 is 1.09 bits per heavy atom. The second-order valence-electron chi connectivity index (χ2n) is 7.65. The van der Waals surface area contributed by atoms with Crippen LogP contribution in [0.3, 0.4) is 0 Å². The van der Waals surface area contributed by atoms with Crippen molar-refractivity contribution in [2.24, 2.45) is 0 Å². The van der Waals surface area contributed by atoms with Crippen molar-refractivity contribution in [3.8, 4) is 11.5 Å². The number of sulfonamides is 1. The van der Waals surface area contributed by atoms with Crippen LogP contribution in [0, 0.1) is 0 Å². The van der Waals surface area contributed by atoms with E-state index in [0.717, 1.165) is 10.6 Å². The van der Waals surface area contributed by atoms with Crippen LogP contribution in [0.5, 0.6) is 11.5 Å². The average Bonchev–Trinajstić information content (AvgIpc) is 3.24. The molecule has 1 atom stereocenters. The van der Waals surface area contributed by atoms with E-state index >= 15 is 0 Å². The predicted octanol–water partition coefficient (Wildman–Crippen LogP) is 3.04. The molecule has 0 radical (unpaired) electrons. The summed E-state index contributed by atoms with van der Waals surface area (Å²) in [5, 5.41) is 3.34. The Balaban J connectivity index is 1.92. The molecule has 2 aromatic rings. The number of nitrogens with one attached hydrogen (secondary N) is 1. The summed E-state index contributed by atoms with van der Waals surface area (Å²) in [7, 11) is -3.85. The first kappa shape index (κ1) is 25.9. The molecule has 0 saturated heterocycles.